The number of rotatable bonds is 5. The molecule has 0 amide bonds. The highest BCUT2D eigenvalue weighted by molar-refractivity contribution is 5.96. The molecule has 0 heterocycles. The van der Waals surface area contributed by atoms with Gasteiger partial charge in [0.1, 0.15) is 0 Å². The zero-order chi connectivity index (χ0) is 10.1. The molecule has 0 rings (SSSR count). The molecule has 0 aliphatic rings. The maximum atomic E-state index is 6.81. The third-order valence-corrected chi connectivity index (χ3v) is 1.51. The summed E-state index contributed by atoms with van der Waals surface area (Å²) in [5.41, 5.74) is 1.99. The van der Waals surface area contributed by atoms with Gasteiger partial charge in [-0.3, -0.25) is 4.99 Å². The van der Waals surface area contributed by atoms with Gasteiger partial charge in [-0.05, 0) is 32.4 Å². The SMILES string of the molecule is CCC\C=C(C)/N=C(C)/C=C\C=N. The molecule has 2 nitrogen and oxygen atoms in total. The highest BCUT2D eigenvalue weighted by atomic mass is 14.7. The number of nitrogens with one attached hydrogen (secondary N) is 1. The minimum absolute atomic E-state index is 0.938. The molecule has 0 saturated carbocycles. The monoisotopic (exact) mass is 178 g/mol. The Balaban J connectivity index is 4.20. The van der Waals surface area contributed by atoms with Crippen molar-refractivity contribution in [2.45, 2.75) is 33.6 Å². The highest BCUT2D eigenvalue weighted by Crippen LogP contribution is 2.00. The predicted molar refractivity (Wildman–Crippen MR) is 59.7 cm³/mol. The number of aliphatic imine (C=N–C) groups is 1. The van der Waals surface area contributed by atoms with E-state index in [1.54, 1.807) is 6.08 Å². The van der Waals surface area contributed by atoms with Crippen LogP contribution in [-0.4, -0.2) is 11.9 Å². The quantitative estimate of drug-likeness (QED) is 0.627. The summed E-state index contributed by atoms with van der Waals surface area (Å²) in [5.74, 6) is 0. The molecule has 0 aliphatic carbocycles. The summed E-state index contributed by atoms with van der Waals surface area (Å²) in [5, 5.41) is 6.81. The molecule has 72 valence electrons. The van der Waals surface area contributed by atoms with E-state index in [9.17, 15) is 0 Å². The summed E-state index contributed by atoms with van der Waals surface area (Å²) in [6.45, 7) is 6.08. The van der Waals surface area contributed by atoms with E-state index in [0.29, 0.717) is 0 Å². The fourth-order valence-corrected chi connectivity index (χ4v) is 0.902. The van der Waals surface area contributed by atoms with Gasteiger partial charge in [-0.15, -0.1) is 0 Å². The fraction of sp³-hybridized carbons (Fsp3) is 0.455. The molecular weight excluding hydrogens is 160 g/mol. The first-order valence-electron chi connectivity index (χ1n) is 4.60. The standard InChI is InChI=1S/C11H18N2/c1-4-5-7-10(2)13-11(3)8-6-9-12/h6-9,12H,4-5H2,1-3H3/b8-6-,10-7-,12-9?,13-11+. The Hall–Kier alpha value is -1.18. The molecule has 0 unspecified atom stereocenters. The Labute approximate surface area is 80.6 Å². The summed E-state index contributed by atoms with van der Waals surface area (Å²) in [6.07, 6.45) is 9.12. The lowest BCUT2D eigenvalue weighted by atomic mass is 10.3. The van der Waals surface area contributed by atoms with E-state index in [-0.39, 0.29) is 0 Å². The summed E-state index contributed by atoms with van der Waals surface area (Å²) in [7, 11) is 0. The largest absolute Gasteiger partial charge is 0.309 e. The molecule has 0 bridgehead atoms. The smallest absolute Gasteiger partial charge is 0.0376 e. The van der Waals surface area contributed by atoms with E-state index in [2.05, 4.69) is 18.0 Å². The number of hydrogen-bond donors (Lipinski definition) is 1. The van der Waals surface area contributed by atoms with Crippen LogP contribution in [0, 0.1) is 5.41 Å². The first-order chi connectivity index (χ1) is 6.20. The van der Waals surface area contributed by atoms with Gasteiger partial charge in [-0.2, -0.15) is 0 Å². The van der Waals surface area contributed by atoms with Crippen molar-refractivity contribution < 1.29 is 0 Å². The van der Waals surface area contributed by atoms with Crippen LogP contribution in [0.2, 0.25) is 0 Å². The van der Waals surface area contributed by atoms with Crippen LogP contribution < -0.4 is 0 Å². The number of hydrogen-bond acceptors (Lipinski definition) is 2. The number of unbranched alkanes of at least 4 members (excludes halogenated alkanes) is 1. The minimum Gasteiger partial charge on any atom is -0.309 e. The Kier molecular flexibility index (Phi) is 6.79. The van der Waals surface area contributed by atoms with Crippen molar-refractivity contribution in [2.24, 2.45) is 4.99 Å². The Bertz CT molecular complexity index is 234. The van der Waals surface area contributed by atoms with E-state index in [0.717, 1.165) is 24.3 Å². The van der Waals surface area contributed by atoms with Crippen LogP contribution in [0.5, 0.6) is 0 Å². The molecular formula is C11H18N2. The van der Waals surface area contributed by atoms with Crippen LogP contribution in [0.4, 0.5) is 0 Å². The second kappa shape index (κ2) is 7.47. The molecule has 0 aromatic carbocycles. The normalized spacial score (nSPS) is 13.8. The van der Waals surface area contributed by atoms with E-state index in [1.165, 1.54) is 6.21 Å². The first kappa shape index (κ1) is 11.8. The molecule has 0 saturated heterocycles. The van der Waals surface area contributed by atoms with Gasteiger partial charge < -0.3 is 5.41 Å². The average Bonchev–Trinajstić information content (AvgIpc) is 2.11. The molecule has 0 aliphatic heterocycles. The lowest BCUT2D eigenvalue weighted by Gasteiger charge is -1.94. The predicted octanol–water partition coefficient (Wildman–Crippen LogP) is 3.36. The topological polar surface area (TPSA) is 36.2 Å². The van der Waals surface area contributed by atoms with Crippen molar-refractivity contribution in [3.8, 4) is 0 Å². The highest BCUT2D eigenvalue weighted by Gasteiger charge is 1.85. The maximum absolute atomic E-state index is 6.81. The fourth-order valence-electron chi connectivity index (χ4n) is 0.902. The summed E-state index contributed by atoms with van der Waals surface area (Å²) in [4.78, 5) is 4.34. The second-order valence-electron chi connectivity index (χ2n) is 2.91. The average molecular weight is 178 g/mol. The molecule has 0 atom stereocenters. The Morgan fingerprint density at radius 1 is 1.38 bits per heavy atom. The van der Waals surface area contributed by atoms with Crippen LogP contribution in [0.15, 0.2) is 28.9 Å². The lowest BCUT2D eigenvalue weighted by molar-refractivity contribution is 0.945. The van der Waals surface area contributed by atoms with Gasteiger partial charge in [0.2, 0.25) is 0 Å². The van der Waals surface area contributed by atoms with Gasteiger partial charge in [0, 0.05) is 17.6 Å². The van der Waals surface area contributed by atoms with Crippen LogP contribution >= 0.6 is 0 Å². The molecule has 2 heteroatoms. The summed E-state index contributed by atoms with van der Waals surface area (Å²) in [6, 6.07) is 0. The summed E-state index contributed by atoms with van der Waals surface area (Å²) >= 11 is 0. The van der Waals surface area contributed by atoms with Gasteiger partial charge in [0.15, 0.2) is 0 Å². The van der Waals surface area contributed by atoms with E-state index < -0.39 is 0 Å². The van der Waals surface area contributed by atoms with Gasteiger partial charge in [-0.25, -0.2) is 0 Å². The van der Waals surface area contributed by atoms with Gasteiger partial charge in [-0.1, -0.05) is 19.4 Å². The third-order valence-electron chi connectivity index (χ3n) is 1.51. The van der Waals surface area contributed by atoms with Crippen molar-refractivity contribution >= 4 is 11.9 Å². The first-order valence-corrected chi connectivity index (χ1v) is 4.60. The third kappa shape index (κ3) is 7.19. The molecule has 1 N–H and O–H groups in total. The van der Waals surface area contributed by atoms with Gasteiger partial charge in [0.25, 0.3) is 0 Å². The van der Waals surface area contributed by atoms with Crippen molar-refractivity contribution in [3.05, 3.63) is 23.9 Å². The van der Waals surface area contributed by atoms with Crippen LogP contribution in [0.3, 0.4) is 0 Å². The molecule has 0 aromatic heterocycles. The second-order valence-corrected chi connectivity index (χ2v) is 2.91. The van der Waals surface area contributed by atoms with Gasteiger partial charge in [0.05, 0.1) is 0 Å². The van der Waals surface area contributed by atoms with Crippen molar-refractivity contribution in [3.63, 3.8) is 0 Å². The molecule has 0 aromatic rings. The van der Waals surface area contributed by atoms with Crippen LogP contribution in [0.1, 0.15) is 33.6 Å². The minimum atomic E-state index is 0.938. The van der Waals surface area contributed by atoms with Crippen molar-refractivity contribution in [2.75, 3.05) is 0 Å². The van der Waals surface area contributed by atoms with Crippen LogP contribution in [0.25, 0.3) is 0 Å². The Morgan fingerprint density at radius 3 is 2.62 bits per heavy atom. The summed E-state index contributed by atoms with van der Waals surface area (Å²) < 4.78 is 0. The van der Waals surface area contributed by atoms with Crippen molar-refractivity contribution in [1.82, 2.24) is 0 Å². The van der Waals surface area contributed by atoms with E-state index in [4.69, 9.17) is 5.41 Å². The van der Waals surface area contributed by atoms with Crippen LogP contribution in [-0.2, 0) is 0 Å². The van der Waals surface area contributed by atoms with E-state index in [1.807, 2.05) is 19.9 Å². The van der Waals surface area contributed by atoms with Crippen molar-refractivity contribution in [1.29, 1.82) is 5.41 Å². The molecule has 0 radical (unpaired) electrons. The zero-order valence-electron chi connectivity index (χ0n) is 8.67. The molecule has 0 fully saturated rings. The maximum Gasteiger partial charge on any atom is 0.0376 e. The lowest BCUT2D eigenvalue weighted by Crippen LogP contribution is -1.85. The molecule has 13 heavy (non-hydrogen) atoms. The van der Waals surface area contributed by atoms with E-state index >= 15 is 0 Å². The number of nitrogens with zero attached hydrogens (tertiary/aromatic N) is 1. The van der Waals surface area contributed by atoms with Gasteiger partial charge >= 0.3 is 0 Å². The molecule has 0 spiro atoms. The Morgan fingerprint density at radius 2 is 2.08 bits per heavy atom. The zero-order valence-corrected chi connectivity index (χ0v) is 8.67. The number of allylic oxidation sites excluding steroid dienone is 4.